The molecule has 0 atom stereocenters. The number of nitrogens with zero attached hydrogens (tertiary/aromatic N) is 1. The molecule has 4 heteroatoms. The van der Waals surface area contributed by atoms with Crippen molar-refractivity contribution < 1.29 is 4.79 Å². The quantitative estimate of drug-likeness (QED) is 0.860. The molecule has 2 N–H and O–H groups in total. The van der Waals surface area contributed by atoms with Gasteiger partial charge < -0.3 is 10.6 Å². The number of hydrogen-bond donors (Lipinski definition) is 2. The molecule has 1 aliphatic heterocycles. The maximum atomic E-state index is 12.5. The van der Waals surface area contributed by atoms with Crippen LogP contribution in [0.4, 0.5) is 5.69 Å². The van der Waals surface area contributed by atoms with Gasteiger partial charge in [0.25, 0.3) is 0 Å². The summed E-state index contributed by atoms with van der Waals surface area (Å²) in [6.45, 7) is 5.88. The van der Waals surface area contributed by atoms with E-state index < -0.39 is 0 Å². The average Bonchev–Trinajstić information content (AvgIpc) is 2.39. The van der Waals surface area contributed by atoms with Crippen LogP contribution in [0.2, 0.25) is 0 Å². The Labute approximate surface area is 108 Å². The van der Waals surface area contributed by atoms with Gasteiger partial charge >= 0.3 is 0 Å². The number of piperidine rings is 1. The third-order valence-corrected chi connectivity index (χ3v) is 3.87. The first-order valence-corrected chi connectivity index (χ1v) is 6.61. The van der Waals surface area contributed by atoms with Crippen molar-refractivity contribution in [1.29, 1.82) is 0 Å². The van der Waals surface area contributed by atoms with Gasteiger partial charge in [-0.05, 0) is 51.4 Å². The number of hydrogen-bond acceptors (Lipinski definition) is 3. The molecule has 4 nitrogen and oxygen atoms in total. The Morgan fingerprint density at radius 1 is 1.50 bits per heavy atom. The smallest absolute Gasteiger partial charge is 0.230 e. The first-order chi connectivity index (χ1) is 8.66. The van der Waals surface area contributed by atoms with Crippen LogP contribution in [-0.2, 0) is 4.79 Å². The van der Waals surface area contributed by atoms with Crippen LogP contribution in [0.3, 0.4) is 0 Å². The summed E-state index contributed by atoms with van der Waals surface area (Å²) < 4.78 is 0. The van der Waals surface area contributed by atoms with Crippen LogP contribution in [0.15, 0.2) is 18.3 Å². The zero-order chi connectivity index (χ0) is 13.0. The van der Waals surface area contributed by atoms with Crippen molar-refractivity contribution >= 4 is 11.6 Å². The molecule has 2 heterocycles. The Morgan fingerprint density at radius 3 is 2.83 bits per heavy atom. The van der Waals surface area contributed by atoms with Crippen LogP contribution in [0.25, 0.3) is 0 Å². The van der Waals surface area contributed by atoms with Crippen molar-refractivity contribution in [2.75, 3.05) is 18.4 Å². The largest absolute Gasteiger partial charge is 0.325 e. The molecule has 0 aromatic carbocycles. The van der Waals surface area contributed by atoms with E-state index in [0.29, 0.717) is 0 Å². The van der Waals surface area contributed by atoms with Crippen molar-refractivity contribution in [3.05, 3.63) is 24.0 Å². The lowest BCUT2D eigenvalue weighted by Gasteiger charge is -2.35. The number of pyridine rings is 1. The number of amides is 1. The lowest BCUT2D eigenvalue weighted by molar-refractivity contribution is -0.127. The molecule has 1 fully saturated rings. The lowest BCUT2D eigenvalue weighted by Crippen LogP contribution is -2.44. The van der Waals surface area contributed by atoms with Crippen molar-refractivity contribution in [2.24, 2.45) is 5.41 Å². The van der Waals surface area contributed by atoms with Gasteiger partial charge in [0.2, 0.25) is 5.91 Å². The van der Waals surface area contributed by atoms with Gasteiger partial charge in [0.15, 0.2) is 0 Å². The van der Waals surface area contributed by atoms with Gasteiger partial charge in [-0.15, -0.1) is 0 Å². The van der Waals surface area contributed by atoms with E-state index in [2.05, 4.69) is 22.5 Å². The first-order valence-electron chi connectivity index (χ1n) is 6.61. The van der Waals surface area contributed by atoms with Crippen LogP contribution >= 0.6 is 0 Å². The maximum Gasteiger partial charge on any atom is 0.230 e. The lowest BCUT2D eigenvalue weighted by atomic mass is 9.76. The molecule has 0 bridgehead atoms. The molecule has 1 aromatic heterocycles. The Bertz CT molecular complexity index is 425. The molecule has 98 valence electrons. The molecule has 1 aliphatic rings. The number of anilines is 1. The van der Waals surface area contributed by atoms with Crippen LogP contribution in [-0.4, -0.2) is 24.0 Å². The van der Waals surface area contributed by atoms with E-state index >= 15 is 0 Å². The predicted octanol–water partition coefficient (Wildman–Crippen LogP) is 2.11. The third-order valence-electron chi connectivity index (χ3n) is 3.87. The van der Waals surface area contributed by atoms with Gasteiger partial charge in [0.1, 0.15) is 0 Å². The molecular formula is C14H21N3O. The highest BCUT2D eigenvalue weighted by Crippen LogP contribution is 2.33. The number of aromatic nitrogens is 1. The van der Waals surface area contributed by atoms with Gasteiger partial charge in [-0.25, -0.2) is 0 Å². The highest BCUT2D eigenvalue weighted by atomic mass is 16.2. The minimum absolute atomic E-state index is 0.150. The number of carbonyl (C=O) groups is 1. The van der Waals surface area contributed by atoms with Crippen molar-refractivity contribution in [3.63, 3.8) is 0 Å². The molecule has 2 rings (SSSR count). The van der Waals surface area contributed by atoms with Crippen LogP contribution < -0.4 is 10.6 Å². The van der Waals surface area contributed by atoms with Crippen LogP contribution in [0.5, 0.6) is 0 Å². The highest BCUT2D eigenvalue weighted by Gasteiger charge is 2.37. The molecule has 0 saturated carbocycles. The summed E-state index contributed by atoms with van der Waals surface area (Å²) in [6.07, 6.45) is 4.45. The zero-order valence-corrected chi connectivity index (χ0v) is 11.1. The van der Waals surface area contributed by atoms with Crippen molar-refractivity contribution in [2.45, 2.75) is 33.1 Å². The highest BCUT2D eigenvalue weighted by molar-refractivity contribution is 5.95. The van der Waals surface area contributed by atoms with E-state index in [1.54, 1.807) is 6.20 Å². The molecule has 0 spiro atoms. The molecule has 1 amide bonds. The second-order valence-electron chi connectivity index (χ2n) is 5.02. The van der Waals surface area contributed by atoms with E-state index in [1.165, 1.54) is 0 Å². The van der Waals surface area contributed by atoms with Crippen LogP contribution in [0, 0.1) is 12.3 Å². The van der Waals surface area contributed by atoms with Gasteiger partial charge in [0.05, 0.1) is 5.41 Å². The first kappa shape index (κ1) is 13.0. The summed E-state index contributed by atoms with van der Waals surface area (Å²) in [4.78, 5) is 16.6. The number of rotatable bonds is 3. The molecule has 1 aromatic rings. The van der Waals surface area contributed by atoms with E-state index in [4.69, 9.17) is 0 Å². The SMILES string of the molecule is CCC1(C(=O)Nc2ccnc(C)c2)CCNCC1. The van der Waals surface area contributed by atoms with Gasteiger partial charge in [-0.1, -0.05) is 6.92 Å². The van der Waals surface area contributed by atoms with Gasteiger partial charge in [-0.3, -0.25) is 9.78 Å². The Balaban J connectivity index is 2.10. The van der Waals surface area contributed by atoms with E-state index in [1.807, 2.05) is 19.1 Å². The zero-order valence-electron chi connectivity index (χ0n) is 11.1. The predicted molar refractivity (Wildman–Crippen MR) is 72.4 cm³/mol. The summed E-state index contributed by atoms with van der Waals surface area (Å²) in [5.41, 5.74) is 1.56. The average molecular weight is 247 g/mol. The van der Waals surface area contributed by atoms with Crippen molar-refractivity contribution in [3.8, 4) is 0 Å². The Hall–Kier alpha value is -1.42. The fourth-order valence-corrected chi connectivity index (χ4v) is 2.53. The minimum Gasteiger partial charge on any atom is -0.325 e. The number of nitrogens with one attached hydrogen (secondary N) is 2. The normalized spacial score (nSPS) is 18.3. The standard InChI is InChI=1S/C14H21N3O/c1-3-14(5-8-15-9-6-14)13(18)17-12-4-7-16-11(2)10-12/h4,7,10,15H,3,5-6,8-9H2,1-2H3,(H,16,17,18). The third kappa shape index (κ3) is 2.70. The Kier molecular flexibility index (Phi) is 3.97. The number of aryl methyl sites for hydroxylation is 1. The summed E-state index contributed by atoms with van der Waals surface area (Å²) >= 11 is 0. The van der Waals surface area contributed by atoms with E-state index in [0.717, 1.165) is 43.7 Å². The van der Waals surface area contributed by atoms with Crippen LogP contribution in [0.1, 0.15) is 31.9 Å². The second kappa shape index (κ2) is 5.48. The molecule has 0 unspecified atom stereocenters. The monoisotopic (exact) mass is 247 g/mol. The Morgan fingerprint density at radius 2 is 2.22 bits per heavy atom. The molecule has 0 radical (unpaired) electrons. The van der Waals surface area contributed by atoms with Gasteiger partial charge in [-0.2, -0.15) is 0 Å². The van der Waals surface area contributed by atoms with E-state index in [9.17, 15) is 4.79 Å². The van der Waals surface area contributed by atoms with Crippen molar-refractivity contribution in [1.82, 2.24) is 10.3 Å². The molecule has 18 heavy (non-hydrogen) atoms. The fourth-order valence-electron chi connectivity index (χ4n) is 2.53. The molecular weight excluding hydrogens is 226 g/mol. The second-order valence-corrected chi connectivity index (χ2v) is 5.02. The molecule has 0 aliphatic carbocycles. The van der Waals surface area contributed by atoms with E-state index in [-0.39, 0.29) is 11.3 Å². The summed E-state index contributed by atoms with van der Waals surface area (Å²) in [5, 5.41) is 6.35. The maximum absolute atomic E-state index is 12.5. The number of carbonyl (C=O) groups excluding carboxylic acids is 1. The topological polar surface area (TPSA) is 54.0 Å². The fraction of sp³-hybridized carbons (Fsp3) is 0.571. The van der Waals surface area contributed by atoms with Gasteiger partial charge in [0, 0.05) is 17.6 Å². The summed E-state index contributed by atoms with van der Waals surface area (Å²) in [5.74, 6) is 0.150. The minimum atomic E-state index is -0.206. The summed E-state index contributed by atoms with van der Waals surface area (Å²) in [7, 11) is 0. The summed E-state index contributed by atoms with van der Waals surface area (Å²) in [6, 6.07) is 3.75. The molecule has 1 saturated heterocycles.